The third-order valence-electron chi connectivity index (χ3n) is 4.18. The minimum Gasteiger partial charge on any atom is -0.496 e. The molecule has 2 N–H and O–H groups in total. The zero-order valence-corrected chi connectivity index (χ0v) is 16.8. The molecule has 2 aromatic heterocycles. The molecule has 3 rings (SSSR count). The molecule has 2 heterocycles. The zero-order chi connectivity index (χ0) is 20.3. The maximum Gasteiger partial charge on any atom is 0.276 e. The number of nitrogens with one attached hydrogen (secondary N) is 2. The summed E-state index contributed by atoms with van der Waals surface area (Å²) in [4.78, 5) is 13.2. The molecule has 0 aliphatic carbocycles. The molecule has 152 valence electrons. The highest BCUT2D eigenvalue weighted by molar-refractivity contribution is 5.79. The number of para-hydroxylation sites is 1. The molecule has 0 amide bonds. The van der Waals surface area contributed by atoms with Gasteiger partial charge in [-0.25, -0.2) is 0 Å². The van der Waals surface area contributed by atoms with E-state index in [4.69, 9.17) is 9.26 Å². The molecule has 0 unspecified atom stereocenters. The molecule has 0 saturated carbocycles. The highest BCUT2D eigenvalue weighted by atomic mass is 16.5. The van der Waals surface area contributed by atoms with Gasteiger partial charge in [-0.1, -0.05) is 29.4 Å². The van der Waals surface area contributed by atoms with Crippen molar-refractivity contribution in [2.24, 2.45) is 4.99 Å². The summed E-state index contributed by atoms with van der Waals surface area (Å²) in [6.45, 7) is 4.12. The number of methoxy groups -OCH3 is 1. The van der Waals surface area contributed by atoms with E-state index in [9.17, 15) is 0 Å². The minimum absolute atomic E-state index is 0.423. The van der Waals surface area contributed by atoms with Gasteiger partial charge in [0.25, 0.3) is 5.89 Å². The van der Waals surface area contributed by atoms with Gasteiger partial charge in [0.15, 0.2) is 11.8 Å². The monoisotopic (exact) mass is 394 g/mol. The maximum absolute atomic E-state index is 5.40. The second-order valence-corrected chi connectivity index (χ2v) is 6.23. The van der Waals surface area contributed by atoms with Gasteiger partial charge in [-0.3, -0.25) is 9.98 Å². The predicted molar refractivity (Wildman–Crippen MR) is 112 cm³/mol. The van der Waals surface area contributed by atoms with Gasteiger partial charge in [-0.2, -0.15) is 4.98 Å². The van der Waals surface area contributed by atoms with Crippen molar-refractivity contribution in [1.82, 2.24) is 25.8 Å². The highest BCUT2D eigenvalue weighted by Crippen LogP contribution is 2.17. The summed E-state index contributed by atoms with van der Waals surface area (Å²) in [5.41, 5.74) is 1.83. The smallest absolute Gasteiger partial charge is 0.276 e. The molecule has 8 heteroatoms. The Balaban J connectivity index is 1.51. The van der Waals surface area contributed by atoms with Crippen molar-refractivity contribution < 1.29 is 9.26 Å². The molecule has 0 spiro atoms. The summed E-state index contributed by atoms with van der Waals surface area (Å²) >= 11 is 0. The largest absolute Gasteiger partial charge is 0.496 e. The van der Waals surface area contributed by atoms with Crippen LogP contribution in [0.5, 0.6) is 5.75 Å². The molecule has 0 aliphatic heterocycles. The summed E-state index contributed by atoms with van der Waals surface area (Å²) in [5, 5.41) is 10.6. The van der Waals surface area contributed by atoms with E-state index in [-0.39, 0.29) is 0 Å². The Morgan fingerprint density at radius 2 is 1.97 bits per heavy atom. The average Bonchev–Trinajstić information content (AvgIpc) is 3.24. The number of hydrogen-bond acceptors (Lipinski definition) is 6. The van der Waals surface area contributed by atoms with Crippen LogP contribution in [0.1, 0.15) is 18.3 Å². The molecule has 3 aromatic rings. The number of aromatic nitrogens is 3. The fraction of sp³-hybridized carbons (Fsp3) is 0.333. The molecule has 0 radical (unpaired) electrons. The molecule has 29 heavy (non-hydrogen) atoms. The molecule has 0 aliphatic rings. The third kappa shape index (κ3) is 6.03. The standard InChI is InChI=1S/C21H26N6O2/c1-3-22-21(24-14-11-16-8-4-5-10-18(16)28-2)25-15-12-19-26-20(29-27-19)17-9-6-7-13-23-17/h4-10,13H,3,11-12,14-15H2,1-2H3,(H2,22,24,25). The quantitative estimate of drug-likeness (QED) is 0.425. The van der Waals surface area contributed by atoms with Crippen molar-refractivity contribution in [2.45, 2.75) is 19.8 Å². The fourth-order valence-electron chi connectivity index (χ4n) is 2.78. The Morgan fingerprint density at radius 3 is 2.76 bits per heavy atom. The van der Waals surface area contributed by atoms with E-state index in [0.717, 1.165) is 36.8 Å². The lowest BCUT2D eigenvalue weighted by Crippen LogP contribution is -2.38. The van der Waals surface area contributed by atoms with Gasteiger partial charge >= 0.3 is 0 Å². The molecule has 0 saturated heterocycles. The van der Waals surface area contributed by atoms with Crippen LogP contribution in [-0.4, -0.2) is 47.8 Å². The minimum atomic E-state index is 0.423. The van der Waals surface area contributed by atoms with E-state index in [1.165, 1.54) is 0 Å². The third-order valence-corrected chi connectivity index (χ3v) is 4.18. The Morgan fingerprint density at radius 1 is 1.10 bits per heavy atom. The van der Waals surface area contributed by atoms with Crippen LogP contribution in [0.2, 0.25) is 0 Å². The zero-order valence-electron chi connectivity index (χ0n) is 16.8. The summed E-state index contributed by atoms with van der Waals surface area (Å²) in [6, 6.07) is 13.6. The van der Waals surface area contributed by atoms with Gasteiger partial charge in [-0.15, -0.1) is 0 Å². The number of guanidine groups is 1. The van der Waals surface area contributed by atoms with Crippen LogP contribution in [0.15, 0.2) is 58.2 Å². The van der Waals surface area contributed by atoms with Crippen LogP contribution in [0.4, 0.5) is 0 Å². The predicted octanol–water partition coefficient (Wildman–Crippen LogP) is 2.48. The number of benzene rings is 1. The fourth-order valence-corrected chi connectivity index (χ4v) is 2.78. The van der Waals surface area contributed by atoms with Crippen molar-refractivity contribution >= 4 is 5.96 Å². The number of aliphatic imine (C=N–C) groups is 1. The lowest BCUT2D eigenvalue weighted by molar-refractivity contribution is 0.409. The van der Waals surface area contributed by atoms with E-state index >= 15 is 0 Å². The second kappa shape index (κ2) is 10.8. The van der Waals surface area contributed by atoms with Crippen molar-refractivity contribution in [3.63, 3.8) is 0 Å². The molecule has 0 atom stereocenters. The second-order valence-electron chi connectivity index (χ2n) is 6.23. The SMILES string of the molecule is CCNC(=NCCc1noc(-c2ccccn2)n1)NCCc1ccccc1OC. The molecule has 8 nitrogen and oxygen atoms in total. The molecule has 0 fully saturated rings. The first-order valence-corrected chi connectivity index (χ1v) is 9.68. The van der Waals surface area contributed by atoms with Crippen LogP contribution in [0.25, 0.3) is 11.6 Å². The Labute approximate surface area is 170 Å². The summed E-state index contributed by atoms with van der Waals surface area (Å²) in [5.74, 6) is 2.69. The van der Waals surface area contributed by atoms with Gasteiger partial charge in [0.1, 0.15) is 11.4 Å². The van der Waals surface area contributed by atoms with E-state index in [1.807, 2.05) is 43.3 Å². The number of hydrogen-bond donors (Lipinski definition) is 2. The van der Waals surface area contributed by atoms with Crippen molar-refractivity contribution in [3.8, 4) is 17.3 Å². The van der Waals surface area contributed by atoms with Crippen LogP contribution in [-0.2, 0) is 12.8 Å². The number of pyridine rings is 1. The maximum atomic E-state index is 5.40. The molecule has 1 aromatic carbocycles. The Hall–Kier alpha value is -3.42. The normalized spacial score (nSPS) is 11.3. The van der Waals surface area contributed by atoms with E-state index in [2.05, 4.69) is 36.8 Å². The van der Waals surface area contributed by atoms with Crippen molar-refractivity contribution in [3.05, 3.63) is 60.0 Å². The van der Waals surface area contributed by atoms with E-state index in [1.54, 1.807) is 13.3 Å². The molecular weight excluding hydrogens is 368 g/mol. The van der Waals surface area contributed by atoms with Crippen LogP contribution < -0.4 is 15.4 Å². The Bertz CT molecular complexity index is 910. The number of rotatable bonds is 9. The first kappa shape index (κ1) is 20.3. The highest BCUT2D eigenvalue weighted by Gasteiger charge is 2.09. The average molecular weight is 394 g/mol. The lowest BCUT2D eigenvalue weighted by atomic mass is 10.1. The van der Waals surface area contributed by atoms with Crippen LogP contribution >= 0.6 is 0 Å². The van der Waals surface area contributed by atoms with Crippen LogP contribution in [0, 0.1) is 0 Å². The summed E-state index contributed by atoms with van der Waals surface area (Å²) in [7, 11) is 1.69. The van der Waals surface area contributed by atoms with Gasteiger partial charge < -0.3 is 19.9 Å². The lowest BCUT2D eigenvalue weighted by Gasteiger charge is -2.12. The summed E-state index contributed by atoms with van der Waals surface area (Å²) in [6.07, 6.45) is 3.12. The summed E-state index contributed by atoms with van der Waals surface area (Å²) < 4.78 is 10.7. The first-order valence-electron chi connectivity index (χ1n) is 9.68. The van der Waals surface area contributed by atoms with Crippen LogP contribution in [0.3, 0.4) is 0 Å². The van der Waals surface area contributed by atoms with Gasteiger partial charge in [0.05, 0.1) is 7.11 Å². The molecule has 0 bridgehead atoms. The number of ether oxygens (including phenoxy) is 1. The van der Waals surface area contributed by atoms with E-state index < -0.39 is 0 Å². The van der Waals surface area contributed by atoms with Gasteiger partial charge in [0.2, 0.25) is 0 Å². The topological polar surface area (TPSA) is 97.5 Å². The van der Waals surface area contributed by atoms with Crippen molar-refractivity contribution in [1.29, 1.82) is 0 Å². The van der Waals surface area contributed by atoms with E-state index in [0.29, 0.717) is 30.4 Å². The number of nitrogens with zero attached hydrogens (tertiary/aromatic N) is 4. The first-order chi connectivity index (χ1) is 14.3. The van der Waals surface area contributed by atoms with Gasteiger partial charge in [-0.05, 0) is 37.1 Å². The Kier molecular flexibility index (Phi) is 7.56. The van der Waals surface area contributed by atoms with Gasteiger partial charge in [0, 0.05) is 32.3 Å². The molecular formula is C21H26N6O2. The van der Waals surface area contributed by atoms with Crippen molar-refractivity contribution in [2.75, 3.05) is 26.7 Å².